The monoisotopic (exact) mass is 333 g/mol. The third-order valence-corrected chi connectivity index (χ3v) is 5.30. The van der Waals surface area contributed by atoms with E-state index in [1.807, 2.05) is 12.1 Å². The Bertz CT molecular complexity index is 735. The first-order valence-corrected chi connectivity index (χ1v) is 7.96. The fourth-order valence-electron chi connectivity index (χ4n) is 3.53. The third kappa shape index (κ3) is 2.08. The molecular weight excluding hydrogens is 318 g/mol. The molecule has 2 aliphatic carbocycles. The van der Waals surface area contributed by atoms with Crippen LogP contribution in [0.4, 0.5) is 0 Å². The molecule has 104 valence electrons. The zero-order valence-electron chi connectivity index (χ0n) is 11.2. The van der Waals surface area contributed by atoms with Gasteiger partial charge in [0, 0.05) is 6.54 Å². The van der Waals surface area contributed by atoms with Crippen LogP contribution in [0.15, 0.2) is 27.9 Å². The molecule has 0 amide bonds. The molecule has 0 radical (unpaired) electrons. The Morgan fingerprint density at radius 1 is 1.35 bits per heavy atom. The topological polar surface area (TPSA) is 47.8 Å². The van der Waals surface area contributed by atoms with Crippen molar-refractivity contribution in [2.45, 2.75) is 38.6 Å². The van der Waals surface area contributed by atoms with E-state index in [1.165, 1.54) is 32.1 Å². The fraction of sp³-hybridized carbons (Fsp3) is 0.533. The highest BCUT2D eigenvalue weighted by Gasteiger charge is 2.47. The molecule has 2 heterocycles. The van der Waals surface area contributed by atoms with Gasteiger partial charge in [-0.2, -0.15) is 0 Å². The minimum atomic E-state index is -0.0203. The van der Waals surface area contributed by atoms with Gasteiger partial charge >= 0.3 is 0 Å². The maximum absolute atomic E-state index is 12.5. The average molecular weight is 334 g/mol. The van der Waals surface area contributed by atoms with E-state index in [9.17, 15) is 4.79 Å². The second kappa shape index (κ2) is 4.38. The summed E-state index contributed by atoms with van der Waals surface area (Å²) in [6, 6.07) is 3.64. The summed E-state index contributed by atoms with van der Waals surface area (Å²) in [6.07, 6.45) is 8.33. The van der Waals surface area contributed by atoms with E-state index in [0.717, 1.165) is 6.54 Å². The molecule has 4 nitrogen and oxygen atoms in total. The maximum Gasteiger partial charge on any atom is 0.279 e. The van der Waals surface area contributed by atoms with Crippen molar-refractivity contribution >= 4 is 27.0 Å². The van der Waals surface area contributed by atoms with Gasteiger partial charge in [-0.1, -0.05) is 0 Å². The van der Waals surface area contributed by atoms with E-state index in [0.29, 0.717) is 27.0 Å². The number of aromatic nitrogens is 3. The largest absolute Gasteiger partial charge is 0.297 e. The van der Waals surface area contributed by atoms with Crippen LogP contribution in [0.2, 0.25) is 0 Å². The number of nitrogens with zero attached hydrogens (tertiary/aromatic N) is 3. The number of hydrogen-bond acceptors (Lipinski definition) is 3. The van der Waals surface area contributed by atoms with Crippen LogP contribution >= 0.6 is 15.9 Å². The minimum Gasteiger partial charge on any atom is -0.297 e. The van der Waals surface area contributed by atoms with Gasteiger partial charge in [0.2, 0.25) is 0 Å². The highest BCUT2D eigenvalue weighted by atomic mass is 79.9. The summed E-state index contributed by atoms with van der Waals surface area (Å²) in [5.41, 5.74) is 1.76. The Morgan fingerprint density at radius 2 is 2.20 bits per heavy atom. The van der Waals surface area contributed by atoms with E-state index in [-0.39, 0.29) is 5.56 Å². The van der Waals surface area contributed by atoms with Crippen LogP contribution < -0.4 is 5.56 Å². The molecule has 2 aromatic rings. The Labute approximate surface area is 125 Å². The summed E-state index contributed by atoms with van der Waals surface area (Å²) in [5, 5.41) is 0. The van der Waals surface area contributed by atoms with E-state index in [1.54, 1.807) is 10.9 Å². The van der Waals surface area contributed by atoms with Crippen LogP contribution in [0.25, 0.3) is 11.0 Å². The SMILES string of the molecule is O=c1c2nc(Br)ccc2ncn1CC1CCC2(CC2)C1. The minimum absolute atomic E-state index is 0.0203. The van der Waals surface area contributed by atoms with Crippen LogP contribution in [-0.2, 0) is 6.54 Å². The fourth-order valence-corrected chi connectivity index (χ4v) is 3.84. The predicted molar refractivity (Wildman–Crippen MR) is 80.5 cm³/mol. The average Bonchev–Trinajstić information content (AvgIpc) is 3.07. The molecule has 0 N–H and O–H groups in total. The second-order valence-corrected chi connectivity index (χ2v) is 7.13. The van der Waals surface area contributed by atoms with Crippen LogP contribution in [0.5, 0.6) is 0 Å². The van der Waals surface area contributed by atoms with Gasteiger partial charge in [-0.05, 0) is 71.5 Å². The maximum atomic E-state index is 12.5. The predicted octanol–water partition coefficient (Wildman–Crippen LogP) is 3.13. The Morgan fingerprint density at radius 3 is 2.95 bits per heavy atom. The Kier molecular flexibility index (Phi) is 2.74. The van der Waals surface area contributed by atoms with Gasteiger partial charge in [0.25, 0.3) is 5.56 Å². The molecule has 1 spiro atoms. The van der Waals surface area contributed by atoms with Gasteiger partial charge < -0.3 is 0 Å². The van der Waals surface area contributed by atoms with Gasteiger partial charge in [0.05, 0.1) is 11.8 Å². The van der Waals surface area contributed by atoms with E-state index in [4.69, 9.17) is 0 Å². The molecule has 0 bridgehead atoms. The summed E-state index contributed by atoms with van der Waals surface area (Å²) >= 11 is 3.32. The molecule has 0 aliphatic heterocycles. The lowest BCUT2D eigenvalue weighted by molar-refractivity contribution is 0.417. The summed E-state index contributed by atoms with van der Waals surface area (Å²) < 4.78 is 2.42. The third-order valence-electron chi connectivity index (χ3n) is 4.86. The first-order chi connectivity index (χ1) is 9.65. The van der Waals surface area contributed by atoms with Crippen LogP contribution in [0.1, 0.15) is 32.1 Å². The molecule has 0 saturated heterocycles. The van der Waals surface area contributed by atoms with Crippen molar-refractivity contribution in [3.63, 3.8) is 0 Å². The Balaban J connectivity index is 1.66. The van der Waals surface area contributed by atoms with E-state index >= 15 is 0 Å². The molecule has 2 aromatic heterocycles. The van der Waals surface area contributed by atoms with Crippen molar-refractivity contribution in [3.8, 4) is 0 Å². The number of fused-ring (bicyclic) bond motifs is 1. The van der Waals surface area contributed by atoms with Crippen molar-refractivity contribution < 1.29 is 0 Å². The summed E-state index contributed by atoms with van der Waals surface area (Å²) in [4.78, 5) is 21.1. The quantitative estimate of drug-likeness (QED) is 0.793. The zero-order chi connectivity index (χ0) is 13.7. The number of halogens is 1. The summed E-state index contributed by atoms with van der Waals surface area (Å²) in [5.74, 6) is 0.626. The number of hydrogen-bond donors (Lipinski definition) is 0. The first-order valence-electron chi connectivity index (χ1n) is 7.17. The van der Waals surface area contributed by atoms with Gasteiger partial charge in [-0.25, -0.2) is 9.97 Å². The molecule has 2 fully saturated rings. The van der Waals surface area contributed by atoms with Gasteiger partial charge in [-0.15, -0.1) is 0 Å². The molecule has 5 heteroatoms. The molecule has 2 saturated carbocycles. The molecule has 4 rings (SSSR count). The first kappa shape index (κ1) is 12.5. The highest BCUT2D eigenvalue weighted by molar-refractivity contribution is 9.10. The molecule has 0 aromatic carbocycles. The second-order valence-electron chi connectivity index (χ2n) is 6.31. The molecule has 2 aliphatic rings. The molecule has 1 atom stereocenters. The smallest absolute Gasteiger partial charge is 0.279 e. The van der Waals surface area contributed by atoms with Crippen LogP contribution in [0, 0.1) is 11.3 Å². The Hall–Kier alpha value is -1.23. The normalized spacial score (nSPS) is 23.6. The van der Waals surface area contributed by atoms with Crippen molar-refractivity contribution in [2.24, 2.45) is 11.3 Å². The van der Waals surface area contributed by atoms with Crippen molar-refractivity contribution in [2.75, 3.05) is 0 Å². The lowest BCUT2D eigenvalue weighted by Gasteiger charge is -2.12. The zero-order valence-corrected chi connectivity index (χ0v) is 12.8. The van der Waals surface area contributed by atoms with Gasteiger partial charge in [-0.3, -0.25) is 9.36 Å². The highest BCUT2D eigenvalue weighted by Crippen LogP contribution is 2.59. The van der Waals surface area contributed by atoms with E-state index < -0.39 is 0 Å². The van der Waals surface area contributed by atoms with Crippen LogP contribution in [-0.4, -0.2) is 14.5 Å². The van der Waals surface area contributed by atoms with Crippen LogP contribution in [0.3, 0.4) is 0 Å². The molecule has 1 unspecified atom stereocenters. The summed E-state index contributed by atoms with van der Waals surface area (Å²) in [6.45, 7) is 0.789. The van der Waals surface area contributed by atoms with E-state index in [2.05, 4.69) is 25.9 Å². The standard InChI is InChI=1S/C15H16BrN3O/c16-12-2-1-11-13(18-12)14(20)19(9-17-11)8-10-3-4-15(7-10)5-6-15/h1-2,9-10H,3-8H2. The number of pyridine rings is 1. The lowest BCUT2D eigenvalue weighted by atomic mass is 10.0. The van der Waals surface area contributed by atoms with Gasteiger partial charge in [0.1, 0.15) is 4.60 Å². The lowest BCUT2D eigenvalue weighted by Crippen LogP contribution is -2.24. The van der Waals surface area contributed by atoms with Gasteiger partial charge in [0.15, 0.2) is 5.52 Å². The van der Waals surface area contributed by atoms with Crippen molar-refractivity contribution in [1.82, 2.24) is 14.5 Å². The summed E-state index contributed by atoms with van der Waals surface area (Å²) in [7, 11) is 0. The van der Waals surface area contributed by atoms with Crippen molar-refractivity contribution in [1.29, 1.82) is 0 Å². The molecule has 20 heavy (non-hydrogen) atoms. The van der Waals surface area contributed by atoms with Crippen molar-refractivity contribution in [3.05, 3.63) is 33.4 Å². The molecular formula is C15H16BrN3O. The number of rotatable bonds is 2.